The van der Waals surface area contributed by atoms with Crippen LogP contribution in [0.3, 0.4) is 0 Å². The van der Waals surface area contributed by atoms with E-state index in [1.54, 1.807) is 0 Å². The first kappa shape index (κ1) is 16.3. The molecule has 0 aromatic carbocycles. The highest BCUT2D eigenvalue weighted by atomic mass is 16.5. The van der Waals surface area contributed by atoms with Crippen molar-refractivity contribution >= 4 is 0 Å². The van der Waals surface area contributed by atoms with Crippen molar-refractivity contribution in [2.75, 3.05) is 13.2 Å². The summed E-state index contributed by atoms with van der Waals surface area (Å²) in [7, 11) is 0. The van der Waals surface area contributed by atoms with Crippen LogP contribution >= 0.6 is 0 Å². The minimum Gasteiger partial charge on any atom is -0.389 e. The van der Waals surface area contributed by atoms with Gasteiger partial charge >= 0.3 is 0 Å². The molecular formula is C17H33NO2. The average Bonchev–Trinajstić information content (AvgIpc) is 2.65. The van der Waals surface area contributed by atoms with Gasteiger partial charge in [-0.2, -0.15) is 0 Å². The highest BCUT2D eigenvalue weighted by Gasteiger charge is 2.61. The van der Waals surface area contributed by atoms with Gasteiger partial charge in [0.1, 0.15) is 0 Å². The quantitative estimate of drug-likeness (QED) is 0.815. The Morgan fingerprint density at radius 2 is 1.95 bits per heavy atom. The number of rotatable bonds is 5. The Morgan fingerprint density at radius 1 is 1.30 bits per heavy atom. The van der Waals surface area contributed by atoms with Crippen LogP contribution < -0.4 is 5.32 Å². The summed E-state index contributed by atoms with van der Waals surface area (Å²) in [6, 6.07) is 0. The van der Waals surface area contributed by atoms with Gasteiger partial charge in [-0.05, 0) is 56.8 Å². The van der Waals surface area contributed by atoms with Crippen molar-refractivity contribution in [1.29, 1.82) is 0 Å². The van der Waals surface area contributed by atoms with Crippen LogP contribution in [0.4, 0.5) is 0 Å². The van der Waals surface area contributed by atoms with Crippen molar-refractivity contribution in [2.45, 2.75) is 78.6 Å². The van der Waals surface area contributed by atoms with Crippen LogP contribution in [0.2, 0.25) is 0 Å². The monoisotopic (exact) mass is 283 g/mol. The molecule has 2 aliphatic rings. The van der Waals surface area contributed by atoms with Crippen molar-refractivity contribution in [3.05, 3.63) is 0 Å². The molecule has 2 rings (SSSR count). The molecule has 2 fully saturated rings. The first-order chi connectivity index (χ1) is 9.06. The number of aliphatic hydroxyl groups is 1. The van der Waals surface area contributed by atoms with E-state index in [0.29, 0.717) is 24.7 Å². The van der Waals surface area contributed by atoms with Gasteiger partial charge in [0, 0.05) is 12.1 Å². The predicted octanol–water partition coefficient (Wildman–Crippen LogP) is 2.97. The second kappa shape index (κ2) is 5.26. The third kappa shape index (κ3) is 2.90. The Bertz CT molecular complexity index is 347. The first-order valence-corrected chi connectivity index (χ1v) is 8.11. The molecule has 0 spiro atoms. The molecule has 20 heavy (non-hydrogen) atoms. The summed E-state index contributed by atoms with van der Waals surface area (Å²) in [5.41, 5.74) is 0.711. The highest BCUT2D eigenvalue weighted by Crippen LogP contribution is 2.66. The first-order valence-electron chi connectivity index (χ1n) is 8.11. The second-order valence-corrected chi connectivity index (χ2v) is 8.72. The lowest BCUT2D eigenvalue weighted by Gasteiger charge is -2.39. The summed E-state index contributed by atoms with van der Waals surface area (Å²) in [5, 5.41) is 13.4. The molecule has 0 heterocycles. The van der Waals surface area contributed by atoms with Crippen molar-refractivity contribution in [3.63, 3.8) is 0 Å². The molecular weight excluding hydrogens is 250 g/mol. The fraction of sp³-hybridized carbons (Fsp3) is 1.00. The fourth-order valence-electron chi connectivity index (χ4n) is 4.09. The van der Waals surface area contributed by atoms with Gasteiger partial charge in [0.2, 0.25) is 0 Å². The number of ether oxygens (including phenoxy) is 1. The van der Waals surface area contributed by atoms with Crippen LogP contribution in [-0.2, 0) is 4.74 Å². The van der Waals surface area contributed by atoms with Gasteiger partial charge in [0.25, 0.3) is 0 Å². The maximum atomic E-state index is 10.1. The van der Waals surface area contributed by atoms with Crippen molar-refractivity contribution in [3.8, 4) is 0 Å². The van der Waals surface area contributed by atoms with Crippen LogP contribution in [0.25, 0.3) is 0 Å². The highest BCUT2D eigenvalue weighted by molar-refractivity contribution is 5.11. The molecule has 2 N–H and O–H groups in total. The van der Waals surface area contributed by atoms with Gasteiger partial charge in [-0.15, -0.1) is 0 Å². The van der Waals surface area contributed by atoms with E-state index in [1.165, 1.54) is 19.3 Å². The van der Waals surface area contributed by atoms with Gasteiger partial charge in [-0.1, -0.05) is 20.8 Å². The fourth-order valence-corrected chi connectivity index (χ4v) is 4.09. The van der Waals surface area contributed by atoms with Gasteiger partial charge in [0.05, 0.1) is 18.8 Å². The van der Waals surface area contributed by atoms with Gasteiger partial charge in [-0.3, -0.25) is 0 Å². The smallest absolute Gasteiger partial charge is 0.0898 e. The largest absolute Gasteiger partial charge is 0.389 e. The van der Waals surface area contributed by atoms with Crippen LogP contribution in [0.15, 0.2) is 0 Å². The van der Waals surface area contributed by atoms with Gasteiger partial charge < -0.3 is 15.2 Å². The zero-order valence-corrected chi connectivity index (χ0v) is 14.1. The van der Waals surface area contributed by atoms with Crippen molar-refractivity contribution in [1.82, 2.24) is 5.32 Å². The maximum Gasteiger partial charge on any atom is 0.0898 e. The second-order valence-electron chi connectivity index (χ2n) is 8.72. The molecule has 118 valence electrons. The SMILES string of the molecule is CC(C)(C)NC[C@@H](O)CO[C@@H]1C[C@@H]2CC[C@@]1(C)C2(C)C. The lowest BCUT2D eigenvalue weighted by molar-refractivity contribution is -0.0748. The molecule has 0 unspecified atom stereocenters. The zero-order chi connectivity index (χ0) is 15.2. The van der Waals surface area contributed by atoms with Crippen molar-refractivity contribution in [2.24, 2.45) is 16.7 Å². The Kier molecular flexibility index (Phi) is 4.27. The topological polar surface area (TPSA) is 41.5 Å². The number of nitrogens with one attached hydrogen (secondary N) is 1. The number of β-amino-alcohol motifs (C(OH)–C–C–N with tert-alkyl or cyclic N) is 1. The molecule has 0 aromatic rings. The molecule has 3 heteroatoms. The lowest BCUT2D eigenvalue weighted by Crippen LogP contribution is -2.43. The van der Waals surface area contributed by atoms with E-state index in [4.69, 9.17) is 4.74 Å². The number of hydrogen-bond acceptors (Lipinski definition) is 3. The Hall–Kier alpha value is -0.120. The standard InChI is InChI=1S/C17H33NO2/c1-15(2,3)18-10-13(19)11-20-14-9-12-7-8-17(14,6)16(12,4)5/h12-14,18-19H,7-11H2,1-6H3/t12-,13+,14+,17+/m0/s1. The maximum absolute atomic E-state index is 10.1. The van der Waals surface area contributed by atoms with Crippen LogP contribution in [-0.4, -0.2) is 36.0 Å². The number of fused-ring (bicyclic) bond motifs is 2. The normalized spacial score (nSPS) is 37.4. The number of hydrogen-bond donors (Lipinski definition) is 2. The summed E-state index contributed by atoms with van der Waals surface area (Å²) in [5.74, 6) is 0.794. The Labute approximate surface area is 124 Å². The molecule has 0 radical (unpaired) electrons. The predicted molar refractivity (Wildman–Crippen MR) is 82.7 cm³/mol. The molecule has 2 bridgehead atoms. The van der Waals surface area contributed by atoms with E-state index in [-0.39, 0.29) is 11.0 Å². The third-order valence-electron chi connectivity index (χ3n) is 6.07. The summed E-state index contributed by atoms with van der Waals surface area (Å²) in [6.45, 7) is 14.5. The molecule has 0 amide bonds. The third-order valence-corrected chi connectivity index (χ3v) is 6.07. The zero-order valence-electron chi connectivity index (χ0n) is 14.1. The van der Waals surface area contributed by atoms with Crippen molar-refractivity contribution < 1.29 is 9.84 Å². The van der Waals surface area contributed by atoms with Crippen LogP contribution in [0.5, 0.6) is 0 Å². The lowest BCUT2D eigenvalue weighted by atomic mass is 9.70. The van der Waals surface area contributed by atoms with Crippen LogP contribution in [0.1, 0.15) is 60.8 Å². The van der Waals surface area contributed by atoms with E-state index in [0.717, 1.165) is 5.92 Å². The molecule has 4 atom stereocenters. The van der Waals surface area contributed by atoms with Gasteiger partial charge in [0.15, 0.2) is 0 Å². The minimum atomic E-state index is -0.417. The van der Waals surface area contributed by atoms with Gasteiger partial charge in [-0.25, -0.2) is 0 Å². The van der Waals surface area contributed by atoms with E-state index in [2.05, 4.69) is 46.9 Å². The summed E-state index contributed by atoms with van der Waals surface area (Å²) in [4.78, 5) is 0. The van der Waals surface area contributed by atoms with E-state index >= 15 is 0 Å². The van der Waals surface area contributed by atoms with E-state index in [1.807, 2.05) is 0 Å². The molecule has 0 aliphatic heterocycles. The minimum absolute atomic E-state index is 0.0430. The molecule has 2 aliphatic carbocycles. The van der Waals surface area contributed by atoms with Crippen LogP contribution in [0, 0.1) is 16.7 Å². The Morgan fingerprint density at radius 3 is 2.40 bits per heavy atom. The van der Waals surface area contributed by atoms with E-state index < -0.39 is 6.10 Å². The Balaban J connectivity index is 1.81. The summed E-state index contributed by atoms with van der Waals surface area (Å²) >= 11 is 0. The average molecular weight is 283 g/mol. The molecule has 2 saturated carbocycles. The van der Waals surface area contributed by atoms with E-state index in [9.17, 15) is 5.11 Å². The molecule has 0 aromatic heterocycles. The summed E-state index contributed by atoms with van der Waals surface area (Å²) < 4.78 is 6.11. The number of aliphatic hydroxyl groups excluding tert-OH is 1. The molecule has 0 saturated heterocycles. The summed E-state index contributed by atoms with van der Waals surface area (Å²) in [6.07, 6.45) is 3.69. The molecule has 3 nitrogen and oxygen atoms in total.